The van der Waals surface area contributed by atoms with Crippen LogP contribution in [0.5, 0.6) is 0 Å². The highest BCUT2D eigenvalue weighted by Gasteiger charge is 2.16. The standard InChI is InChI=1S/C17H27N3/c1-4-7-11-20-16-10-9-13(6-3)12-15(16)19-17(20)14(18)8-5-2/h9-10,12,14H,4-8,11,18H2,1-3H3. The van der Waals surface area contributed by atoms with Crippen LogP contribution in [0.15, 0.2) is 18.2 Å². The molecule has 3 heteroatoms. The topological polar surface area (TPSA) is 43.8 Å². The quantitative estimate of drug-likeness (QED) is 0.821. The molecule has 110 valence electrons. The average Bonchev–Trinajstić information content (AvgIpc) is 2.83. The van der Waals surface area contributed by atoms with Crippen molar-refractivity contribution in [1.82, 2.24) is 9.55 Å². The number of aryl methyl sites for hydroxylation is 2. The molecular weight excluding hydrogens is 246 g/mol. The predicted molar refractivity (Wildman–Crippen MR) is 85.9 cm³/mol. The third-order valence-electron chi connectivity index (χ3n) is 3.92. The van der Waals surface area contributed by atoms with Gasteiger partial charge in [-0.2, -0.15) is 0 Å². The van der Waals surface area contributed by atoms with Crippen LogP contribution in [-0.2, 0) is 13.0 Å². The van der Waals surface area contributed by atoms with Gasteiger partial charge in [-0.15, -0.1) is 0 Å². The minimum atomic E-state index is 0.0503. The maximum atomic E-state index is 6.33. The van der Waals surface area contributed by atoms with E-state index in [0.29, 0.717) is 0 Å². The second-order valence-corrected chi connectivity index (χ2v) is 5.55. The van der Waals surface area contributed by atoms with Crippen molar-refractivity contribution in [2.45, 2.75) is 65.5 Å². The zero-order valence-corrected chi connectivity index (χ0v) is 13.0. The molecule has 0 saturated carbocycles. The maximum Gasteiger partial charge on any atom is 0.126 e. The molecule has 1 atom stereocenters. The monoisotopic (exact) mass is 273 g/mol. The Bertz CT molecular complexity index is 557. The minimum Gasteiger partial charge on any atom is -0.327 e. The summed E-state index contributed by atoms with van der Waals surface area (Å²) in [6, 6.07) is 6.68. The van der Waals surface area contributed by atoms with Crippen molar-refractivity contribution in [3.63, 3.8) is 0 Å². The summed E-state index contributed by atoms with van der Waals surface area (Å²) in [6.07, 6.45) is 5.50. The van der Waals surface area contributed by atoms with Gasteiger partial charge in [0.05, 0.1) is 17.1 Å². The van der Waals surface area contributed by atoms with Gasteiger partial charge >= 0.3 is 0 Å². The first kappa shape index (κ1) is 15.0. The molecule has 0 amide bonds. The number of nitrogens with two attached hydrogens (primary N) is 1. The summed E-state index contributed by atoms with van der Waals surface area (Å²) < 4.78 is 2.33. The summed E-state index contributed by atoms with van der Waals surface area (Å²) in [6.45, 7) is 7.60. The van der Waals surface area contributed by atoms with Crippen molar-refractivity contribution in [2.24, 2.45) is 5.73 Å². The molecule has 0 radical (unpaired) electrons. The summed E-state index contributed by atoms with van der Waals surface area (Å²) in [5.41, 5.74) is 10.0. The summed E-state index contributed by atoms with van der Waals surface area (Å²) in [5.74, 6) is 1.06. The molecule has 0 fully saturated rings. The second kappa shape index (κ2) is 6.89. The van der Waals surface area contributed by atoms with E-state index < -0.39 is 0 Å². The molecule has 1 aromatic carbocycles. The molecule has 1 aromatic heterocycles. The molecule has 0 aliphatic rings. The molecule has 0 saturated heterocycles. The predicted octanol–water partition coefficient (Wildman–Crippen LogP) is 4.20. The van der Waals surface area contributed by atoms with Crippen LogP contribution < -0.4 is 5.73 Å². The first-order valence-corrected chi connectivity index (χ1v) is 7.95. The number of benzene rings is 1. The lowest BCUT2D eigenvalue weighted by Gasteiger charge is -2.13. The smallest absolute Gasteiger partial charge is 0.126 e. The molecule has 3 nitrogen and oxygen atoms in total. The number of aromatic nitrogens is 2. The Morgan fingerprint density at radius 3 is 2.65 bits per heavy atom. The molecule has 0 spiro atoms. The Kier molecular flexibility index (Phi) is 5.18. The van der Waals surface area contributed by atoms with E-state index in [9.17, 15) is 0 Å². The van der Waals surface area contributed by atoms with Gasteiger partial charge < -0.3 is 10.3 Å². The van der Waals surface area contributed by atoms with E-state index in [1.54, 1.807) is 0 Å². The van der Waals surface area contributed by atoms with Crippen molar-refractivity contribution in [2.75, 3.05) is 0 Å². The van der Waals surface area contributed by atoms with Gasteiger partial charge in [-0.25, -0.2) is 4.98 Å². The molecular formula is C17H27N3. The largest absolute Gasteiger partial charge is 0.327 e. The van der Waals surface area contributed by atoms with Crippen molar-refractivity contribution in [3.05, 3.63) is 29.6 Å². The summed E-state index contributed by atoms with van der Waals surface area (Å²) in [7, 11) is 0. The van der Waals surface area contributed by atoms with Crippen LogP contribution in [0.2, 0.25) is 0 Å². The van der Waals surface area contributed by atoms with Gasteiger partial charge in [-0.05, 0) is 37.0 Å². The molecule has 2 aromatic rings. The summed E-state index contributed by atoms with van der Waals surface area (Å²) in [5, 5.41) is 0. The highest BCUT2D eigenvalue weighted by Crippen LogP contribution is 2.24. The normalized spacial score (nSPS) is 13.0. The number of unbranched alkanes of at least 4 members (excludes halogenated alkanes) is 1. The number of hydrogen-bond donors (Lipinski definition) is 1. The van der Waals surface area contributed by atoms with E-state index in [1.807, 2.05) is 0 Å². The van der Waals surface area contributed by atoms with Crippen molar-refractivity contribution < 1.29 is 0 Å². The maximum absolute atomic E-state index is 6.33. The van der Waals surface area contributed by atoms with E-state index in [-0.39, 0.29) is 6.04 Å². The van der Waals surface area contributed by atoms with Gasteiger partial charge in [0.1, 0.15) is 5.82 Å². The lowest BCUT2D eigenvalue weighted by atomic mass is 10.1. The van der Waals surface area contributed by atoms with Crippen LogP contribution in [0, 0.1) is 0 Å². The van der Waals surface area contributed by atoms with Crippen LogP contribution in [0.3, 0.4) is 0 Å². The fourth-order valence-electron chi connectivity index (χ4n) is 2.69. The van der Waals surface area contributed by atoms with Crippen molar-refractivity contribution in [3.8, 4) is 0 Å². The third kappa shape index (κ3) is 3.04. The van der Waals surface area contributed by atoms with E-state index in [1.165, 1.54) is 23.9 Å². The van der Waals surface area contributed by atoms with Gasteiger partial charge in [0, 0.05) is 6.54 Å². The highest BCUT2D eigenvalue weighted by atomic mass is 15.1. The fourth-order valence-corrected chi connectivity index (χ4v) is 2.69. The third-order valence-corrected chi connectivity index (χ3v) is 3.92. The molecule has 20 heavy (non-hydrogen) atoms. The van der Waals surface area contributed by atoms with Gasteiger partial charge in [-0.3, -0.25) is 0 Å². The Morgan fingerprint density at radius 2 is 2.00 bits per heavy atom. The number of rotatable bonds is 7. The summed E-state index contributed by atoms with van der Waals surface area (Å²) in [4.78, 5) is 4.83. The van der Waals surface area contributed by atoms with Crippen LogP contribution in [-0.4, -0.2) is 9.55 Å². The Morgan fingerprint density at radius 1 is 1.20 bits per heavy atom. The lowest BCUT2D eigenvalue weighted by Crippen LogP contribution is -2.16. The van der Waals surface area contributed by atoms with E-state index >= 15 is 0 Å². The Balaban J connectivity index is 2.47. The molecule has 1 unspecified atom stereocenters. The van der Waals surface area contributed by atoms with Crippen LogP contribution in [0.25, 0.3) is 11.0 Å². The van der Waals surface area contributed by atoms with E-state index in [4.69, 9.17) is 10.7 Å². The zero-order chi connectivity index (χ0) is 14.5. The molecule has 0 bridgehead atoms. The van der Waals surface area contributed by atoms with Crippen molar-refractivity contribution in [1.29, 1.82) is 0 Å². The Labute approximate surface area is 122 Å². The highest BCUT2D eigenvalue weighted by molar-refractivity contribution is 5.77. The lowest BCUT2D eigenvalue weighted by molar-refractivity contribution is 0.541. The number of hydrogen-bond acceptors (Lipinski definition) is 2. The molecule has 1 heterocycles. The molecule has 0 aliphatic carbocycles. The van der Waals surface area contributed by atoms with Gasteiger partial charge in [0.2, 0.25) is 0 Å². The van der Waals surface area contributed by atoms with Gasteiger partial charge in [-0.1, -0.05) is 39.7 Å². The van der Waals surface area contributed by atoms with Crippen molar-refractivity contribution >= 4 is 11.0 Å². The number of imidazole rings is 1. The van der Waals surface area contributed by atoms with Crippen LogP contribution >= 0.6 is 0 Å². The van der Waals surface area contributed by atoms with E-state index in [2.05, 4.69) is 43.5 Å². The first-order chi connectivity index (χ1) is 9.71. The molecule has 2 N–H and O–H groups in total. The molecule has 0 aliphatic heterocycles. The van der Waals surface area contributed by atoms with Gasteiger partial charge in [0.15, 0.2) is 0 Å². The van der Waals surface area contributed by atoms with Gasteiger partial charge in [0.25, 0.3) is 0 Å². The summed E-state index contributed by atoms with van der Waals surface area (Å²) >= 11 is 0. The van der Waals surface area contributed by atoms with E-state index in [0.717, 1.165) is 37.1 Å². The molecule has 2 rings (SSSR count). The fraction of sp³-hybridized carbons (Fsp3) is 0.588. The first-order valence-electron chi connectivity index (χ1n) is 7.95. The minimum absolute atomic E-state index is 0.0503. The average molecular weight is 273 g/mol. The number of fused-ring (bicyclic) bond motifs is 1. The number of nitrogens with zero attached hydrogens (tertiary/aromatic N) is 2. The van der Waals surface area contributed by atoms with Crippen LogP contribution in [0.4, 0.5) is 0 Å². The van der Waals surface area contributed by atoms with Crippen LogP contribution in [0.1, 0.15) is 63.9 Å². The zero-order valence-electron chi connectivity index (χ0n) is 13.0. The SMILES string of the molecule is CCCCn1c(C(N)CCC)nc2cc(CC)ccc21. The Hall–Kier alpha value is -1.35. The second-order valence-electron chi connectivity index (χ2n) is 5.55.